The van der Waals surface area contributed by atoms with Crippen molar-refractivity contribution in [2.45, 2.75) is 62.5 Å². The fourth-order valence-corrected chi connectivity index (χ4v) is 20.8. The quantitative estimate of drug-likeness (QED) is 0.181. The molecule has 2 aliphatic carbocycles. The van der Waals surface area contributed by atoms with Crippen molar-refractivity contribution in [3.63, 3.8) is 0 Å². The summed E-state index contributed by atoms with van der Waals surface area (Å²) in [6.45, 7) is 14.1. The van der Waals surface area contributed by atoms with E-state index in [2.05, 4.69) is 181 Å². The number of hydrogen-bond donors (Lipinski definition) is 0. The summed E-state index contributed by atoms with van der Waals surface area (Å²) in [6.07, 6.45) is 8.29. The van der Waals surface area contributed by atoms with Crippen molar-refractivity contribution < 1.29 is 45.8 Å². The van der Waals surface area contributed by atoms with Crippen LogP contribution in [0.5, 0.6) is 0 Å². The Morgan fingerprint density at radius 2 is 1.00 bits per heavy atom. The zero-order chi connectivity index (χ0) is 33.2. The van der Waals surface area contributed by atoms with E-state index < -0.39 is 21.0 Å². The second kappa shape index (κ2) is 14.0. The molecule has 0 unspecified atom stereocenters. The normalized spacial score (nSPS) is 13.6. The molecule has 0 N–H and O–H groups in total. The van der Waals surface area contributed by atoms with E-state index in [9.17, 15) is 0 Å². The van der Waals surface area contributed by atoms with E-state index in [0.717, 1.165) is 6.42 Å². The minimum Gasteiger partial charge on any atom is -1.00 e. The average molecular weight is 858 g/mol. The summed E-state index contributed by atoms with van der Waals surface area (Å²) < 4.78 is 3.71. The van der Waals surface area contributed by atoms with Gasteiger partial charge in [0.15, 0.2) is 0 Å². The Balaban J connectivity index is 0.00000216. The van der Waals surface area contributed by atoms with Gasteiger partial charge in [-0.2, -0.15) is 0 Å². The molecule has 6 aromatic carbocycles. The molecule has 250 valence electrons. The van der Waals surface area contributed by atoms with Gasteiger partial charge in [-0.05, 0) is 0 Å². The van der Waals surface area contributed by atoms with Gasteiger partial charge in [0.1, 0.15) is 0 Å². The largest absolute Gasteiger partial charge is 1.00 e. The SMILES string of the molecule is CC(C)(C)c1ccc2c(c1)[CH]([Hf+2]([C]1=CC=CC1)=[C](c1ccc3ccccc3c1)c1ccc3ccccc3c1)c1cc(C(C)(C)C)ccc1-2.[Cl-].[Cl-]. The van der Waals surface area contributed by atoms with Crippen LogP contribution in [0, 0.1) is 0 Å². The van der Waals surface area contributed by atoms with Crippen LogP contribution >= 0.6 is 0 Å². The van der Waals surface area contributed by atoms with Crippen molar-refractivity contribution in [2.75, 3.05) is 0 Å². The molecule has 2 aliphatic rings. The van der Waals surface area contributed by atoms with Gasteiger partial charge in [0.25, 0.3) is 0 Å². The molecule has 0 spiro atoms. The first-order chi connectivity index (χ1) is 23.1. The van der Waals surface area contributed by atoms with Crippen molar-refractivity contribution in [3.8, 4) is 11.1 Å². The van der Waals surface area contributed by atoms with Gasteiger partial charge in [-0.25, -0.2) is 0 Å². The maximum Gasteiger partial charge on any atom is -1.00 e. The fraction of sp³-hybridized carbons (Fsp3) is 0.213. The predicted molar refractivity (Wildman–Crippen MR) is 204 cm³/mol. The number of rotatable bonds is 4. The zero-order valence-corrected chi connectivity index (χ0v) is 34.9. The van der Waals surface area contributed by atoms with Gasteiger partial charge >= 0.3 is 296 Å². The van der Waals surface area contributed by atoms with Crippen LogP contribution in [0.15, 0.2) is 143 Å². The van der Waals surface area contributed by atoms with Gasteiger partial charge < -0.3 is 24.8 Å². The van der Waals surface area contributed by atoms with Crippen molar-refractivity contribution in [1.82, 2.24) is 0 Å². The molecule has 0 saturated heterocycles. The molecule has 0 amide bonds. The number of allylic oxidation sites excluding steroid dienone is 4. The number of hydrogen-bond acceptors (Lipinski definition) is 0. The van der Waals surface area contributed by atoms with Crippen LogP contribution in [0.2, 0.25) is 0 Å². The Hall–Kier alpha value is -3.36. The van der Waals surface area contributed by atoms with Gasteiger partial charge in [0, 0.05) is 0 Å². The molecule has 0 saturated carbocycles. The van der Waals surface area contributed by atoms with Gasteiger partial charge in [0.2, 0.25) is 0 Å². The van der Waals surface area contributed by atoms with Crippen molar-refractivity contribution in [1.29, 1.82) is 0 Å². The molecule has 0 bridgehead atoms. The third-order valence-electron chi connectivity index (χ3n) is 10.5. The zero-order valence-electron chi connectivity index (χ0n) is 29.8. The first-order valence-electron chi connectivity index (χ1n) is 17.4. The van der Waals surface area contributed by atoms with Crippen LogP contribution in [0.25, 0.3) is 32.7 Å². The maximum atomic E-state index is 2.60. The van der Waals surface area contributed by atoms with E-state index in [1.165, 1.54) is 54.9 Å². The third kappa shape index (κ3) is 6.58. The molecule has 6 aromatic rings. The van der Waals surface area contributed by atoms with Crippen LogP contribution in [-0.4, -0.2) is 3.26 Å². The maximum absolute atomic E-state index is 3.11. The minimum atomic E-state index is -3.11. The second-order valence-electron chi connectivity index (χ2n) is 15.8. The average Bonchev–Trinajstić information content (AvgIpc) is 3.72. The molecule has 0 radical (unpaired) electrons. The number of fused-ring (bicyclic) bond motifs is 5. The van der Waals surface area contributed by atoms with Crippen LogP contribution in [0.4, 0.5) is 0 Å². The molecule has 3 heteroatoms. The van der Waals surface area contributed by atoms with Crippen molar-refractivity contribution >= 4 is 24.8 Å². The summed E-state index contributed by atoms with van der Waals surface area (Å²) in [7, 11) is 0. The molecule has 0 heterocycles. The van der Waals surface area contributed by atoms with Crippen molar-refractivity contribution in [3.05, 3.63) is 176 Å². The first-order valence-corrected chi connectivity index (χ1v) is 23.1. The third-order valence-corrected chi connectivity index (χ3v) is 22.6. The van der Waals surface area contributed by atoms with E-state index in [0.29, 0.717) is 3.67 Å². The summed E-state index contributed by atoms with van der Waals surface area (Å²) in [5.74, 6) is 0. The minimum absolute atomic E-state index is 0. The summed E-state index contributed by atoms with van der Waals surface area (Å²) in [5, 5.41) is 5.23. The first kappa shape index (κ1) is 36.4. The van der Waals surface area contributed by atoms with Crippen LogP contribution in [-0.2, 0) is 31.8 Å². The van der Waals surface area contributed by atoms with Crippen LogP contribution in [0.3, 0.4) is 0 Å². The van der Waals surface area contributed by atoms with E-state index in [4.69, 9.17) is 0 Å². The Morgan fingerprint density at radius 1 is 0.540 bits per heavy atom. The summed E-state index contributed by atoms with van der Waals surface area (Å²) in [5.41, 5.74) is 11.8. The molecule has 0 aliphatic heterocycles. The molecule has 0 aromatic heterocycles. The molecule has 0 nitrogen and oxygen atoms in total. The molecule has 50 heavy (non-hydrogen) atoms. The fourth-order valence-electron chi connectivity index (χ4n) is 7.81. The summed E-state index contributed by atoms with van der Waals surface area (Å²) in [4.78, 5) is 0. The van der Waals surface area contributed by atoms with Crippen molar-refractivity contribution in [2.24, 2.45) is 0 Å². The number of benzene rings is 6. The van der Waals surface area contributed by atoms with Crippen LogP contribution in [0.1, 0.15) is 85.0 Å². The van der Waals surface area contributed by atoms with Gasteiger partial charge in [-0.3, -0.25) is 0 Å². The summed E-state index contributed by atoms with van der Waals surface area (Å²) in [6, 6.07) is 47.1. The smallest absolute Gasteiger partial charge is 1.00 e. The van der Waals surface area contributed by atoms with Crippen LogP contribution < -0.4 is 24.8 Å². The second-order valence-corrected chi connectivity index (χ2v) is 24.9. The predicted octanol–water partition coefficient (Wildman–Crippen LogP) is 6.40. The van der Waals surface area contributed by atoms with Gasteiger partial charge in [-0.15, -0.1) is 0 Å². The van der Waals surface area contributed by atoms with Gasteiger partial charge in [-0.1, -0.05) is 0 Å². The van der Waals surface area contributed by atoms with E-state index in [1.807, 2.05) is 0 Å². The number of halogens is 2. The van der Waals surface area contributed by atoms with E-state index >= 15 is 0 Å². The molecular weight excluding hydrogens is 814 g/mol. The Labute approximate surface area is 318 Å². The monoisotopic (exact) mass is 858 g/mol. The van der Waals surface area contributed by atoms with Gasteiger partial charge in [0.05, 0.1) is 0 Å². The molecule has 8 rings (SSSR count). The Bertz CT molecular complexity index is 2200. The summed E-state index contributed by atoms with van der Waals surface area (Å²) >= 11 is -3.11. The van der Waals surface area contributed by atoms with E-state index in [-0.39, 0.29) is 35.6 Å². The Kier molecular flexibility index (Phi) is 10.2. The Morgan fingerprint density at radius 3 is 1.42 bits per heavy atom. The molecule has 0 fully saturated rings. The molecule has 0 atom stereocenters. The molecular formula is C47H44Cl2Hf. The van der Waals surface area contributed by atoms with E-state index in [1.54, 1.807) is 17.7 Å². The topological polar surface area (TPSA) is 0 Å². The standard InChI is InChI=1S/C21H14.C21H25.C5H5.2ClH.Hf/c1-3-7-20-14-16(9-11-18(20)5-1)13-17-10-12-19-6-2-4-8-21(19)15-17;1-20(2,3)16-7-9-18-14(12-16)11-15-13-17(21(4,5)6)8-10-19(15)18;1-2-4-5-3-1;;;/h1-12,14-15H;7-13H,1-6H3;1-3H,4H2;2*1H;/q;;;;;+2/p-2.